The van der Waals surface area contributed by atoms with Crippen LogP contribution in [0.4, 0.5) is 0 Å². The van der Waals surface area contributed by atoms with E-state index in [1.165, 1.54) is 0 Å². The van der Waals surface area contributed by atoms with Crippen molar-refractivity contribution < 1.29 is 0 Å². The van der Waals surface area contributed by atoms with Crippen LogP contribution in [0.1, 0.15) is 27.7 Å². The van der Waals surface area contributed by atoms with Gasteiger partial charge in [-0.1, -0.05) is 0 Å². The molecule has 0 nitrogen and oxygen atoms in total. The molecule has 124 valence electrons. The minimum atomic E-state index is 0.222. The van der Waals surface area contributed by atoms with E-state index >= 15 is 0 Å². The maximum absolute atomic E-state index is 3.83. The molecule has 0 amide bonds. The van der Waals surface area contributed by atoms with Gasteiger partial charge in [0.15, 0.2) is 0 Å². The zero-order valence-corrected chi connectivity index (χ0v) is 20.3. The van der Waals surface area contributed by atoms with Crippen molar-refractivity contribution in [1.82, 2.24) is 0 Å². The second kappa shape index (κ2) is 32.9. The molecule has 0 saturated heterocycles. The molecule has 0 spiro atoms. The highest BCUT2D eigenvalue weighted by molar-refractivity contribution is 8.00. The first-order valence-corrected chi connectivity index (χ1v) is 11.0. The third-order valence-corrected chi connectivity index (χ3v) is 0. The largest absolute Gasteiger partial charge is 0.169 e. The van der Waals surface area contributed by atoms with Crippen LogP contribution in [0.2, 0.25) is 0 Å². The summed E-state index contributed by atoms with van der Waals surface area (Å²) in [6, 6.07) is 0. The van der Waals surface area contributed by atoms with Crippen LogP contribution < -0.4 is 0 Å². The summed E-state index contributed by atoms with van der Waals surface area (Å²) in [4.78, 5) is 0. The summed E-state index contributed by atoms with van der Waals surface area (Å²) in [6.07, 6.45) is 4.08. The van der Waals surface area contributed by atoms with E-state index < -0.39 is 0 Å². The Morgan fingerprint density at radius 1 is 0.474 bits per heavy atom. The summed E-state index contributed by atoms with van der Waals surface area (Å²) in [5, 5.41) is 0. The van der Waals surface area contributed by atoms with Crippen molar-refractivity contribution in [2.24, 2.45) is 0 Å². The number of hydrogen-bond donors (Lipinski definition) is 8. The molecule has 0 saturated carbocycles. The van der Waals surface area contributed by atoms with Gasteiger partial charge >= 0.3 is 0 Å². The topological polar surface area (TPSA) is 0 Å². The maximum Gasteiger partial charge on any atom is 0.0414 e. The van der Waals surface area contributed by atoms with Gasteiger partial charge < -0.3 is 0 Å². The predicted molar refractivity (Wildman–Crippen MR) is 129 cm³/mol. The molecule has 0 aliphatic heterocycles. The lowest BCUT2D eigenvalue weighted by Crippen LogP contribution is -1.64. The summed E-state index contributed by atoms with van der Waals surface area (Å²) in [6.45, 7) is 7.58. The molecule has 9 heteroatoms. The number of hydrogen-bond acceptors (Lipinski definition) is 9. The molecule has 0 aromatic carbocycles. The summed E-state index contributed by atoms with van der Waals surface area (Å²) in [5.74, 6) is 0. The molecule has 0 heterocycles. The predicted octanol–water partition coefficient (Wildman–Crippen LogP) is 5.75. The Morgan fingerprint density at radius 3 is 0.474 bits per heavy atom. The normalized spacial score (nSPS) is 8.53. The monoisotopic (exact) mass is 438 g/mol. The van der Waals surface area contributed by atoms with Crippen LogP contribution in [0.5, 0.6) is 0 Å². The number of thiol groups is 8. The first-order chi connectivity index (χ1) is 8.34. The van der Waals surface area contributed by atoms with Gasteiger partial charge in [0.25, 0.3) is 0 Å². The van der Waals surface area contributed by atoms with Crippen LogP contribution in [0, 0.1) is 0 Å². The van der Waals surface area contributed by atoms with E-state index in [9.17, 15) is 0 Å². The average Bonchev–Trinajstić information content (AvgIpc) is 1.97. The van der Waals surface area contributed by atoms with Gasteiger partial charge in [-0.05, 0) is 40.2 Å². The third kappa shape index (κ3) is 782. The molecular formula is C10H30S9. The minimum Gasteiger partial charge on any atom is -0.169 e. The highest BCUT2D eigenvalue weighted by atomic mass is 32.2. The molecule has 0 N–H and O–H groups in total. The lowest BCUT2D eigenvalue weighted by Gasteiger charge is -1.78. The number of thioether (sulfide) groups is 1. The first kappa shape index (κ1) is 33.7. The average molecular weight is 439 g/mol. The molecule has 0 atom stereocenters. The Hall–Kier alpha value is 3.15. The van der Waals surface area contributed by atoms with E-state index in [-0.39, 0.29) is 18.3 Å². The van der Waals surface area contributed by atoms with E-state index in [1.807, 2.05) is 40.2 Å². The van der Waals surface area contributed by atoms with Crippen LogP contribution in [-0.4, -0.2) is 30.8 Å². The second-order valence-electron chi connectivity index (χ2n) is 2.94. The van der Waals surface area contributed by atoms with E-state index in [2.05, 4.69) is 101 Å². The van der Waals surface area contributed by atoms with Gasteiger partial charge in [0.2, 0.25) is 0 Å². The van der Waals surface area contributed by atoms with Crippen molar-refractivity contribution in [2.45, 2.75) is 46.0 Å². The molecule has 0 bridgehead atoms. The molecule has 0 aromatic rings. The van der Waals surface area contributed by atoms with Crippen molar-refractivity contribution in [3.63, 3.8) is 0 Å². The van der Waals surface area contributed by atoms with E-state index in [1.54, 1.807) is 11.8 Å². The van der Waals surface area contributed by atoms with Crippen LogP contribution >= 0.6 is 113 Å². The van der Waals surface area contributed by atoms with Gasteiger partial charge in [0.1, 0.15) is 0 Å². The molecule has 0 aliphatic carbocycles. The van der Waals surface area contributed by atoms with Crippen molar-refractivity contribution >= 4 is 113 Å². The van der Waals surface area contributed by atoms with Gasteiger partial charge in [-0.25, -0.2) is 0 Å². The van der Waals surface area contributed by atoms with Crippen LogP contribution in [0.3, 0.4) is 0 Å². The second-order valence-corrected chi connectivity index (χ2v) is 11.6. The SMILES string of the molecule is CC(S)S.CC(S)S.CC(S)S.CC(S)S.CSC. The number of rotatable bonds is 0. The summed E-state index contributed by atoms with van der Waals surface area (Å²) in [7, 11) is 0. The third-order valence-electron chi connectivity index (χ3n) is 0. The fraction of sp³-hybridized carbons (Fsp3) is 1.00. The van der Waals surface area contributed by atoms with Gasteiger partial charge in [-0.2, -0.15) is 113 Å². The highest BCUT2D eigenvalue weighted by Gasteiger charge is 1.71. The standard InChI is InChI=1S/4C2H6S2.C2H6S/c4*1-2(3)4;1-3-2/h4*2-4H,1H3;1-2H3. The van der Waals surface area contributed by atoms with Crippen molar-refractivity contribution in [1.29, 1.82) is 0 Å². The van der Waals surface area contributed by atoms with E-state index in [0.717, 1.165) is 0 Å². The van der Waals surface area contributed by atoms with Crippen molar-refractivity contribution in [3.05, 3.63) is 0 Å². The van der Waals surface area contributed by atoms with Crippen molar-refractivity contribution in [3.8, 4) is 0 Å². The Bertz CT molecular complexity index is 72.2. The Kier molecular flexibility index (Phi) is 58.4. The van der Waals surface area contributed by atoms with Gasteiger partial charge in [-0.3, -0.25) is 0 Å². The Morgan fingerprint density at radius 2 is 0.474 bits per heavy atom. The zero-order chi connectivity index (χ0) is 17.0. The lowest BCUT2D eigenvalue weighted by atomic mass is 11.0. The zero-order valence-electron chi connectivity index (χ0n) is 12.3. The molecule has 0 fully saturated rings. The summed E-state index contributed by atoms with van der Waals surface area (Å²) in [5.41, 5.74) is 0. The molecule has 19 heavy (non-hydrogen) atoms. The lowest BCUT2D eigenvalue weighted by molar-refractivity contribution is 1.45. The molecule has 0 rings (SSSR count). The van der Waals surface area contributed by atoms with Crippen LogP contribution in [-0.2, 0) is 0 Å². The molecular weight excluding hydrogens is 409 g/mol. The Balaban J connectivity index is -0.0000000432. The highest BCUT2D eigenvalue weighted by Crippen LogP contribution is 1.94. The maximum atomic E-state index is 3.83. The smallest absolute Gasteiger partial charge is 0.0414 e. The molecule has 0 aromatic heterocycles. The van der Waals surface area contributed by atoms with Gasteiger partial charge in [-0.15, -0.1) is 0 Å². The molecule has 0 unspecified atom stereocenters. The Labute approximate surface area is 169 Å². The van der Waals surface area contributed by atoms with E-state index in [4.69, 9.17) is 0 Å². The molecule has 0 radical (unpaired) electrons. The van der Waals surface area contributed by atoms with Gasteiger partial charge in [0, 0.05) is 18.3 Å². The van der Waals surface area contributed by atoms with Crippen LogP contribution in [0.15, 0.2) is 0 Å². The minimum absolute atomic E-state index is 0.222. The quantitative estimate of drug-likeness (QED) is 0.176. The summed E-state index contributed by atoms with van der Waals surface area (Å²) < 4.78 is 0.889. The fourth-order valence-corrected chi connectivity index (χ4v) is 0. The van der Waals surface area contributed by atoms with E-state index in [0.29, 0.717) is 0 Å². The first-order valence-electron chi connectivity index (χ1n) is 5.19. The van der Waals surface area contributed by atoms with Crippen molar-refractivity contribution in [2.75, 3.05) is 12.5 Å². The summed E-state index contributed by atoms with van der Waals surface area (Å²) >= 11 is 32.4. The molecule has 0 aliphatic rings. The fourth-order valence-electron chi connectivity index (χ4n) is 0. The van der Waals surface area contributed by atoms with Crippen LogP contribution in [0.25, 0.3) is 0 Å². The van der Waals surface area contributed by atoms with Gasteiger partial charge in [0.05, 0.1) is 0 Å².